The number of carbonyl (C=O) groups is 4. The zero-order valence-corrected chi connectivity index (χ0v) is 21.9. The number of anilines is 1. The molecule has 37 heavy (non-hydrogen) atoms. The molecule has 1 fully saturated rings. The Morgan fingerprint density at radius 3 is 2.19 bits per heavy atom. The molecule has 1 aliphatic rings. The van der Waals surface area contributed by atoms with Gasteiger partial charge in [0.15, 0.2) is 0 Å². The predicted molar refractivity (Wildman–Crippen MR) is 142 cm³/mol. The Morgan fingerprint density at radius 2 is 1.62 bits per heavy atom. The molecule has 0 spiro atoms. The smallest absolute Gasteiger partial charge is 0.326 e. The van der Waals surface area contributed by atoms with Gasteiger partial charge in [-0.2, -0.15) is 0 Å². The molecular weight excluding hydrogens is 519 g/mol. The molecule has 0 radical (unpaired) electrons. The zero-order chi connectivity index (χ0) is 27.0. The number of benzene rings is 2. The van der Waals surface area contributed by atoms with Crippen LogP contribution in [0.1, 0.15) is 48.0 Å². The first-order valence-electron chi connectivity index (χ1n) is 12.0. The van der Waals surface area contributed by atoms with Crippen LogP contribution in [0.4, 0.5) is 10.5 Å². The van der Waals surface area contributed by atoms with E-state index in [1.54, 1.807) is 42.5 Å². The molecule has 0 bridgehead atoms. The van der Waals surface area contributed by atoms with Crippen molar-refractivity contribution in [2.45, 2.75) is 44.6 Å². The van der Waals surface area contributed by atoms with Crippen LogP contribution in [0, 0.1) is 5.41 Å². The summed E-state index contributed by atoms with van der Waals surface area (Å²) in [4.78, 5) is 49.2. The maximum absolute atomic E-state index is 13.2. The molecule has 11 heteroatoms. The molecule has 9 nitrogen and oxygen atoms in total. The maximum atomic E-state index is 13.2. The quantitative estimate of drug-likeness (QED) is 0.302. The van der Waals surface area contributed by atoms with Crippen LogP contribution in [0.5, 0.6) is 0 Å². The van der Waals surface area contributed by atoms with Crippen molar-refractivity contribution in [2.75, 3.05) is 18.9 Å². The summed E-state index contributed by atoms with van der Waals surface area (Å²) in [5.74, 6) is -1.92. The van der Waals surface area contributed by atoms with Crippen LogP contribution in [0.15, 0.2) is 42.5 Å². The van der Waals surface area contributed by atoms with E-state index in [1.165, 1.54) is 7.05 Å². The number of carboxylic acids is 1. The molecule has 0 heterocycles. The number of urea groups is 1. The zero-order valence-electron chi connectivity index (χ0n) is 20.4. The third kappa shape index (κ3) is 7.36. The van der Waals surface area contributed by atoms with Crippen molar-refractivity contribution in [3.63, 3.8) is 0 Å². The molecule has 0 aliphatic heterocycles. The third-order valence-corrected chi connectivity index (χ3v) is 7.23. The fourth-order valence-corrected chi connectivity index (χ4v) is 5.09. The number of halogens is 2. The van der Waals surface area contributed by atoms with Crippen molar-refractivity contribution in [3.8, 4) is 0 Å². The normalized spacial score (nSPS) is 14.9. The van der Waals surface area contributed by atoms with E-state index in [2.05, 4.69) is 21.3 Å². The monoisotopic (exact) mass is 548 g/mol. The van der Waals surface area contributed by atoms with E-state index in [4.69, 9.17) is 23.2 Å². The molecule has 1 aliphatic carbocycles. The van der Waals surface area contributed by atoms with Crippen molar-refractivity contribution in [1.82, 2.24) is 16.0 Å². The van der Waals surface area contributed by atoms with Gasteiger partial charge in [-0.05, 0) is 49.1 Å². The fraction of sp³-hybridized carbons (Fsp3) is 0.385. The Labute approximate surface area is 225 Å². The summed E-state index contributed by atoms with van der Waals surface area (Å²) in [6, 6.07) is 9.98. The largest absolute Gasteiger partial charge is 0.480 e. The van der Waals surface area contributed by atoms with Gasteiger partial charge in [0.25, 0.3) is 5.91 Å². The van der Waals surface area contributed by atoms with Gasteiger partial charge in [0.05, 0.1) is 21.0 Å². The van der Waals surface area contributed by atoms with Crippen LogP contribution in [-0.4, -0.2) is 48.6 Å². The van der Waals surface area contributed by atoms with E-state index < -0.39 is 23.3 Å². The molecule has 1 saturated carbocycles. The van der Waals surface area contributed by atoms with Crippen molar-refractivity contribution >= 4 is 52.7 Å². The summed E-state index contributed by atoms with van der Waals surface area (Å²) < 4.78 is 0. The van der Waals surface area contributed by atoms with Crippen molar-refractivity contribution in [2.24, 2.45) is 5.41 Å². The molecule has 0 unspecified atom stereocenters. The number of carboxylic acid groups (broad SMARTS) is 1. The molecule has 0 aromatic heterocycles. The minimum atomic E-state index is -1.14. The Balaban J connectivity index is 1.63. The van der Waals surface area contributed by atoms with Gasteiger partial charge in [-0.25, -0.2) is 9.59 Å². The topological polar surface area (TPSA) is 137 Å². The van der Waals surface area contributed by atoms with Crippen LogP contribution in [0.2, 0.25) is 10.0 Å². The lowest BCUT2D eigenvalue weighted by molar-refractivity contribution is -0.144. The molecule has 4 amide bonds. The first kappa shape index (κ1) is 28.3. The van der Waals surface area contributed by atoms with E-state index in [-0.39, 0.29) is 34.0 Å². The molecule has 5 N–H and O–H groups in total. The van der Waals surface area contributed by atoms with Gasteiger partial charge in [-0.1, -0.05) is 54.2 Å². The summed E-state index contributed by atoms with van der Waals surface area (Å²) in [6.45, 7) is 0.317. The highest BCUT2D eigenvalue weighted by Gasteiger charge is 2.42. The second-order valence-corrected chi connectivity index (χ2v) is 9.87. The molecule has 2 aromatic carbocycles. The Bertz CT molecular complexity index is 1130. The molecular formula is C26H30Cl2N4O5. The van der Waals surface area contributed by atoms with Crippen LogP contribution in [-0.2, 0) is 16.0 Å². The maximum Gasteiger partial charge on any atom is 0.326 e. The summed E-state index contributed by atoms with van der Waals surface area (Å²) in [6.07, 6.45) is 3.53. The van der Waals surface area contributed by atoms with Gasteiger partial charge >= 0.3 is 12.0 Å². The lowest BCUT2D eigenvalue weighted by atomic mass is 9.81. The van der Waals surface area contributed by atoms with Gasteiger partial charge in [-0.15, -0.1) is 0 Å². The van der Waals surface area contributed by atoms with Gasteiger partial charge in [-0.3, -0.25) is 9.59 Å². The van der Waals surface area contributed by atoms with Gasteiger partial charge in [0, 0.05) is 25.7 Å². The van der Waals surface area contributed by atoms with E-state index in [9.17, 15) is 24.3 Å². The van der Waals surface area contributed by atoms with E-state index >= 15 is 0 Å². The van der Waals surface area contributed by atoms with E-state index in [1.807, 2.05) is 0 Å². The number of hydrogen-bond donors (Lipinski definition) is 5. The highest BCUT2D eigenvalue weighted by Crippen LogP contribution is 2.41. The Kier molecular flexibility index (Phi) is 9.77. The molecule has 0 saturated heterocycles. The van der Waals surface area contributed by atoms with Crippen molar-refractivity contribution in [1.29, 1.82) is 0 Å². The number of amides is 4. The fourth-order valence-electron chi connectivity index (χ4n) is 4.53. The van der Waals surface area contributed by atoms with Crippen molar-refractivity contribution < 1.29 is 24.3 Å². The summed E-state index contributed by atoms with van der Waals surface area (Å²) in [5, 5.41) is 20.8. The second kappa shape index (κ2) is 12.8. The minimum Gasteiger partial charge on any atom is -0.480 e. The number of aliphatic carboxylic acids is 1. The van der Waals surface area contributed by atoms with Gasteiger partial charge < -0.3 is 26.4 Å². The van der Waals surface area contributed by atoms with Crippen LogP contribution < -0.4 is 21.3 Å². The predicted octanol–water partition coefficient (Wildman–Crippen LogP) is 4.24. The number of rotatable bonds is 10. The van der Waals surface area contributed by atoms with Crippen molar-refractivity contribution in [3.05, 3.63) is 63.6 Å². The lowest BCUT2D eigenvalue weighted by Gasteiger charge is -2.29. The van der Waals surface area contributed by atoms with Crippen LogP contribution in [0.3, 0.4) is 0 Å². The SMILES string of the molecule is CNC(=O)NCCC1(C(=O)N[C@@H](Cc2ccc(NC(=O)c3c(Cl)cccc3Cl)cc2)C(=O)O)CCCC1. The highest BCUT2D eigenvalue weighted by molar-refractivity contribution is 6.40. The van der Waals surface area contributed by atoms with E-state index in [0.717, 1.165) is 12.8 Å². The summed E-state index contributed by atoms with van der Waals surface area (Å²) >= 11 is 12.2. The first-order valence-corrected chi connectivity index (χ1v) is 12.7. The Morgan fingerprint density at radius 1 is 1.00 bits per heavy atom. The number of hydrogen-bond acceptors (Lipinski definition) is 4. The molecule has 198 valence electrons. The van der Waals surface area contributed by atoms with E-state index in [0.29, 0.717) is 37.1 Å². The minimum absolute atomic E-state index is 0.0677. The number of carbonyl (C=O) groups excluding carboxylic acids is 3. The van der Waals surface area contributed by atoms with Gasteiger partial charge in [0.1, 0.15) is 6.04 Å². The Hall–Kier alpha value is -3.30. The highest BCUT2D eigenvalue weighted by atomic mass is 35.5. The molecule has 2 aromatic rings. The lowest BCUT2D eigenvalue weighted by Crippen LogP contribution is -2.49. The van der Waals surface area contributed by atoms with Gasteiger partial charge in [0.2, 0.25) is 5.91 Å². The summed E-state index contributed by atoms with van der Waals surface area (Å²) in [5.41, 5.74) is 0.607. The molecule has 3 rings (SSSR count). The summed E-state index contributed by atoms with van der Waals surface area (Å²) in [7, 11) is 1.51. The molecule has 1 atom stereocenters. The number of nitrogens with one attached hydrogen (secondary N) is 4. The standard InChI is InChI=1S/C26H30Cl2N4O5/c1-29-25(37)30-14-13-26(11-2-3-12-26)24(36)32-20(23(34)35)15-16-7-9-17(10-8-16)31-22(33)21-18(27)5-4-6-19(21)28/h4-10,20H,2-3,11-15H2,1H3,(H,31,33)(H,32,36)(H,34,35)(H2,29,30,37)/t20-/m0/s1. The third-order valence-electron chi connectivity index (χ3n) is 6.60. The first-order chi connectivity index (χ1) is 17.6. The van der Waals surface area contributed by atoms with Crippen LogP contribution in [0.25, 0.3) is 0 Å². The average Bonchev–Trinajstić information content (AvgIpc) is 3.34. The average molecular weight is 549 g/mol. The van der Waals surface area contributed by atoms with Crippen LogP contribution >= 0.6 is 23.2 Å². The second-order valence-electron chi connectivity index (χ2n) is 9.06.